The van der Waals surface area contributed by atoms with Gasteiger partial charge in [0.05, 0.1) is 0 Å². The van der Waals surface area contributed by atoms with Gasteiger partial charge in [-0.2, -0.15) is 0 Å². The van der Waals surface area contributed by atoms with Crippen LogP contribution in [0, 0.1) is 46.3 Å². The molecule has 14 aliphatic carbocycles. The first kappa shape index (κ1) is 32.5. The van der Waals surface area contributed by atoms with Crippen molar-refractivity contribution >= 4 is 33.9 Å². The second kappa shape index (κ2) is 9.84. The van der Waals surface area contributed by atoms with Crippen LogP contribution in [0.25, 0.3) is 45.1 Å². The van der Waals surface area contributed by atoms with Crippen molar-refractivity contribution in [1.29, 1.82) is 0 Å². The van der Waals surface area contributed by atoms with E-state index in [1.54, 1.807) is 104 Å². The highest BCUT2D eigenvalue weighted by Gasteiger charge is 2.78. The molecule has 10 atom stereocenters. The van der Waals surface area contributed by atoms with E-state index in [0.29, 0.717) is 48.7 Å². The Morgan fingerprint density at radius 2 is 1.48 bits per heavy atom. The SMILES string of the molecule is CN1CC23C4=CC5=CC6CC7=CC8CC9Cc%10cc%11c%12c%13c%10C9C9=c%10c%14c%15c(c(c%10-%13)C=%12C2(C(C=%11)C4)C1c1ccc(OCc2ccccc2)c(OCc2ccccc2)c1)=C3C5=C%15C6C7=C%14C98. The third-order valence-corrected chi connectivity index (χ3v) is 20.8. The van der Waals surface area contributed by atoms with Gasteiger partial charge in [0.25, 0.3) is 0 Å². The Hall–Kier alpha value is -6.16. The molecule has 65 heavy (non-hydrogen) atoms. The van der Waals surface area contributed by atoms with E-state index in [4.69, 9.17) is 9.47 Å². The molecule has 5 aromatic carbocycles. The van der Waals surface area contributed by atoms with Gasteiger partial charge in [0.2, 0.25) is 0 Å². The van der Waals surface area contributed by atoms with Crippen LogP contribution in [-0.2, 0) is 19.6 Å². The number of hydrogen-bond donors (Lipinski definition) is 0. The molecule has 5 aromatic rings. The number of hydrogen-bond acceptors (Lipinski definition) is 3. The summed E-state index contributed by atoms with van der Waals surface area (Å²) >= 11 is 0. The van der Waals surface area contributed by atoms with Crippen molar-refractivity contribution in [2.45, 2.75) is 50.9 Å². The standard InChI is InChI=1S/C62H43NO2/c1-63-26-61-37-20-35-18-32-14-30-16-34-17-31-15-33-19-36-21-38(23-37)62(61,60(63)29-12-13-39(64-24-27-8-4-2-5-9-27)40(22-29)65-25-28-10-6-3-7-11-28)59-47(36)51-44(33)42(31)49-45(34)48-41(30)43(32)50-46(35)58(61)56-54(50)52(48)53(49)55(51)57(56)59/h2-13,16,18-22,31-32,34,38,42-43,45,60H,14-15,17,23-26H2,1H3. The van der Waals surface area contributed by atoms with Gasteiger partial charge in [-0.15, -0.1) is 0 Å². The van der Waals surface area contributed by atoms with Crippen LogP contribution in [0.5, 0.6) is 11.5 Å². The van der Waals surface area contributed by atoms with E-state index in [0.717, 1.165) is 35.9 Å². The molecule has 0 bridgehead atoms. The quantitative estimate of drug-likeness (QED) is 0.164. The molecule has 1 heterocycles. The predicted molar refractivity (Wildman–Crippen MR) is 252 cm³/mol. The molecule has 20 rings (SSSR count). The number of allylic oxidation sites excluding steroid dienone is 9. The Bertz CT molecular complexity index is 3880. The molecule has 3 nitrogen and oxygen atoms in total. The van der Waals surface area contributed by atoms with Gasteiger partial charge in [-0.25, -0.2) is 0 Å². The maximum atomic E-state index is 6.94. The molecule has 0 N–H and O–H groups in total. The van der Waals surface area contributed by atoms with Crippen molar-refractivity contribution in [1.82, 2.24) is 4.90 Å². The van der Waals surface area contributed by atoms with E-state index in [1.165, 1.54) is 30.4 Å². The van der Waals surface area contributed by atoms with E-state index in [1.807, 2.05) is 11.1 Å². The van der Waals surface area contributed by atoms with Crippen molar-refractivity contribution in [3.63, 3.8) is 0 Å². The van der Waals surface area contributed by atoms with Gasteiger partial charge in [-0.1, -0.05) is 103 Å². The summed E-state index contributed by atoms with van der Waals surface area (Å²) in [6.07, 6.45) is 16.3. The van der Waals surface area contributed by atoms with Crippen LogP contribution in [-0.4, -0.2) is 18.5 Å². The average Bonchev–Trinajstić information content (AvgIpc) is 4.18. The summed E-state index contributed by atoms with van der Waals surface area (Å²) in [5, 5.41) is 6.69. The summed E-state index contributed by atoms with van der Waals surface area (Å²) in [6.45, 7) is 2.05. The first-order valence-corrected chi connectivity index (χ1v) is 24.8. The highest BCUT2D eigenvalue weighted by molar-refractivity contribution is 6.17. The van der Waals surface area contributed by atoms with Gasteiger partial charge in [-0.3, -0.25) is 4.90 Å². The van der Waals surface area contributed by atoms with Crippen molar-refractivity contribution in [2.24, 2.45) is 46.3 Å². The summed E-state index contributed by atoms with van der Waals surface area (Å²) in [5.74, 6) is 5.69. The van der Waals surface area contributed by atoms with E-state index < -0.39 is 0 Å². The van der Waals surface area contributed by atoms with Crippen molar-refractivity contribution in [2.75, 3.05) is 13.6 Å². The maximum Gasteiger partial charge on any atom is 0.162 e. The minimum absolute atomic E-state index is 0.106. The fourth-order valence-electron chi connectivity index (χ4n) is 19.6. The van der Waals surface area contributed by atoms with Crippen LogP contribution in [0.1, 0.15) is 75.7 Å². The highest BCUT2D eigenvalue weighted by Crippen LogP contribution is 2.83. The molecule has 3 saturated carbocycles. The van der Waals surface area contributed by atoms with Gasteiger partial charge in [0.1, 0.15) is 13.2 Å². The van der Waals surface area contributed by atoms with Crippen LogP contribution in [0.2, 0.25) is 0 Å². The molecule has 10 unspecified atom stereocenters. The van der Waals surface area contributed by atoms with Crippen LogP contribution < -0.4 is 30.3 Å². The third-order valence-electron chi connectivity index (χ3n) is 20.8. The minimum atomic E-state index is -0.153. The topological polar surface area (TPSA) is 21.7 Å². The van der Waals surface area contributed by atoms with E-state index >= 15 is 0 Å². The molecule has 1 saturated heterocycles. The lowest BCUT2D eigenvalue weighted by atomic mass is 9.47. The lowest BCUT2D eigenvalue weighted by Crippen LogP contribution is -2.54. The zero-order valence-electron chi connectivity index (χ0n) is 36.2. The zero-order chi connectivity index (χ0) is 41.3. The van der Waals surface area contributed by atoms with E-state index in [-0.39, 0.29) is 16.9 Å². The normalized spacial score (nSPS) is 35.2. The number of benzene rings is 5. The third kappa shape index (κ3) is 3.01. The van der Waals surface area contributed by atoms with Gasteiger partial charge in [0.15, 0.2) is 11.5 Å². The fourth-order valence-corrected chi connectivity index (χ4v) is 19.6. The fraction of sp³-hybridized carbons (Fsp3) is 0.290. The monoisotopic (exact) mass is 833 g/mol. The molecule has 0 amide bonds. The molecule has 1 aliphatic heterocycles. The van der Waals surface area contributed by atoms with Crippen LogP contribution in [0.3, 0.4) is 0 Å². The number of nitrogens with zero attached hydrogens (tertiary/aromatic N) is 1. The first-order valence-electron chi connectivity index (χ1n) is 24.8. The molecule has 4 fully saturated rings. The second-order valence-corrected chi connectivity index (χ2v) is 22.8. The molecule has 308 valence electrons. The maximum absolute atomic E-state index is 6.94. The predicted octanol–water partition coefficient (Wildman–Crippen LogP) is 8.72. The number of ether oxygens (including phenoxy) is 2. The smallest absolute Gasteiger partial charge is 0.162 e. The van der Waals surface area contributed by atoms with Crippen LogP contribution in [0.4, 0.5) is 0 Å². The molecule has 3 heteroatoms. The molecule has 0 radical (unpaired) electrons. The second-order valence-electron chi connectivity index (χ2n) is 22.8. The Morgan fingerprint density at radius 1 is 0.662 bits per heavy atom. The average molecular weight is 834 g/mol. The van der Waals surface area contributed by atoms with E-state index in [2.05, 4.69) is 121 Å². The summed E-state index contributed by atoms with van der Waals surface area (Å²) in [7, 11) is 2.48. The number of likely N-dealkylation sites (tertiary alicyclic amines) is 1. The van der Waals surface area contributed by atoms with Crippen LogP contribution in [0.15, 0.2) is 131 Å². The van der Waals surface area contributed by atoms with Crippen molar-refractivity contribution < 1.29 is 9.47 Å². The minimum Gasteiger partial charge on any atom is -0.485 e. The van der Waals surface area contributed by atoms with Gasteiger partial charge < -0.3 is 9.47 Å². The first-order chi connectivity index (χ1) is 32.1. The highest BCUT2D eigenvalue weighted by atomic mass is 16.5. The molecule has 0 aromatic heterocycles. The molecular weight excluding hydrogens is 791 g/mol. The van der Waals surface area contributed by atoms with Gasteiger partial charge in [0, 0.05) is 41.2 Å². The number of rotatable bonds is 7. The molecule has 15 aliphatic rings. The zero-order valence-corrected chi connectivity index (χ0v) is 36.2. The molecule has 2 spiro atoms. The lowest BCUT2D eigenvalue weighted by molar-refractivity contribution is 0.180. The summed E-state index contributed by atoms with van der Waals surface area (Å²) in [4.78, 5) is 2.83. The Balaban J connectivity index is 0.910. The Labute approximate surface area is 376 Å². The summed E-state index contributed by atoms with van der Waals surface area (Å²) in [6, 6.07) is 31.2. The van der Waals surface area contributed by atoms with Crippen molar-refractivity contribution in [3.8, 4) is 22.6 Å². The Morgan fingerprint density at radius 3 is 2.32 bits per heavy atom. The van der Waals surface area contributed by atoms with Crippen LogP contribution >= 0.6 is 0 Å². The van der Waals surface area contributed by atoms with Gasteiger partial charge in [-0.05, 0) is 195 Å². The lowest BCUT2D eigenvalue weighted by Gasteiger charge is -2.54. The molecular formula is C62H43NO2. The Kier molecular flexibility index (Phi) is 4.92. The summed E-state index contributed by atoms with van der Waals surface area (Å²) in [5.41, 5.74) is 33.0. The summed E-state index contributed by atoms with van der Waals surface area (Å²) < 4.78 is 13.7. The van der Waals surface area contributed by atoms with E-state index in [9.17, 15) is 0 Å². The largest absolute Gasteiger partial charge is 0.485 e. The van der Waals surface area contributed by atoms with Gasteiger partial charge >= 0.3 is 0 Å². The van der Waals surface area contributed by atoms with Crippen molar-refractivity contribution in [3.05, 3.63) is 196 Å².